The molecule has 3 aromatic rings. The molecule has 0 atom stereocenters. The molecule has 0 aliphatic rings. The minimum atomic E-state index is -2.93. The van der Waals surface area contributed by atoms with E-state index in [-0.39, 0.29) is 5.75 Å². The summed E-state index contributed by atoms with van der Waals surface area (Å²) < 4.78 is 30.3. The first-order valence-corrected chi connectivity index (χ1v) is 7.03. The maximum absolute atomic E-state index is 12.8. The topological polar surface area (TPSA) is 76.8 Å². The zero-order valence-electron chi connectivity index (χ0n) is 12.7. The van der Waals surface area contributed by atoms with Crippen molar-refractivity contribution in [2.45, 2.75) is 26.0 Å². The summed E-state index contributed by atoms with van der Waals surface area (Å²) in [6.07, 6.45) is 3.09. The number of pyridine rings is 1. The second-order valence-corrected chi connectivity index (χ2v) is 5.81. The van der Waals surface area contributed by atoms with Crippen LogP contribution in [0.2, 0.25) is 0 Å². The Labute approximate surface area is 131 Å². The number of nitrogens with one attached hydrogen (secondary N) is 1. The predicted molar refractivity (Wildman–Crippen MR) is 83.2 cm³/mol. The standard InChI is InChI=1S/C16H16F2N4O/c1-16(2,19)9-3-5-12(20-7-9)10-4-6-13-11(8-21-22-13)14(10)23-15(17)18/h3-8,15H,19H2,1-2H3,(H,21,22). The molecule has 7 heteroatoms. The number of H-pyrrole nitrogens is 1. The van der Waals surface area contributed by atoms with E-state index in [1.54, 1.807) is 24.4 Å². The molecular weight excluding hydrogens is 302 g/mol. The molecule has 0 aliphatic heterocycles. The first-order chi connectivity index (χ1) is 10.9. The number of nitrogens with zero attached hydrogens (tertiary/aromatic N) is 2. The van der Waals surface area contributed by atoms with Gasteiger partial charge in [0.2, 0.25) is 0 Å². The van der Waals surface area contributed by atoms with Crippen LogP contribution in [-0.2, 0) is 5.54 Å². The molecule has 0 saturated carbocycles. The smallest absolute Gasteiger partial charge is 0.387 e. The van der Waals surface area contributed by atoms with Crippen LogP contribution in [0.3, 0.4) is 0 Å². The number of ether oxygens (including phenoxy) is 1. The fraction of sp³-hybridized carbons (Fsp3) is 0.250. The zero-order valence-corrected chi connectivity index (χ0v) is 12.7. The predicted octanol–water partition coefficient (Wildman–Crippen LogP) is 3.42. The molecule has 3 rings (SSSR count). The first-order valence-electron chi connectivity index (χ1n) is 7.03. The van der Waals surface area contributed by atoms with Gasteiger partial charge in [0.05, 0.1) is 22.8 Å². The van der Waals surface area contributed by atoms with E-state index in [1.807, 2.05) is 19.9 Å². The van der Waals surface area contributed by atoms with Crippen molar-refractivity contribution in [3.8, 4) is 17.0 Å². The quantitative estimate of drug-likeness (QED) is 0.773. The number of fused-ring (bicyclic) bond motifs is 1. The van der Waals surface area contributed by atoms with E-state index in [4.69, 9.17) is 10.5 Å². The monoisotopic (exact) mass is 318 g/mol. The Balaban J connectivity index is 2.11. The van der Waals surface area contributed by atoms with Crippen LogP contribution in [0.4, 0.5) is 8.78 Å². The molecule has 3 N–H and O–H groups in total. The van der Waals surface area contributed by atoms with Crippen molar-refractivity contribution in [2.24, 2.45) is 5.73 Å². The molecule has 2 aromatic heterocycles. The fourth-order valence-electron chi connectivity index (χ4n) is 2.34. The second-order valence-electron chi connectivity index (χ2n) is 5.81. The highest BCUT2D eigenvalue weighted by molar-refractivity contribution is 5.92. The van der Waals surface area contributed by atoms with Gasteiger partial charge in [-0.25, -0.2) is 0 Å². The van der Waals surface area contributed by atoms with Crippen molar-refractivity contribution in [2.75, 3.05) is 0 Å². The van der Waals surface area contributed by atoms with Gasteiger partial charge in [0, 0.05) is 17.3 Å². The van der Waals surface area contributed by atoms with Crippen molar-refractivity contribution >= 4 is 10.9 Å². The lowest BCUT2D eigenvalue weighted by atomic mass is 9.96. The summed E-state index contributed by atoms with van der Waals surface area (Å²) in [7, 11) is 0. The summed E-state index contributed by atoms with van der Waals surface area (Å²) in [5.41, 5.74) is 7.96. The highest BCUT2D eigenvalue weighted by Crippen LogP contribution is 2.36. The molecule has 0 aliphatic carbocycles. The van der Waals surface area contributed by atoms with Gasteiger partial charge in [-0.3, -0.25) is 10.1 Å². The highest BCUT2D eigenvalue weighted by Gasteiger charge is 2.19. The molecule has 0 amide bonds. The molecular formula is C16H16F2N4O. The third kappa shape index (κ3) is 3.00. The van der Waals surface area contributed by atoms with Crippen LogP contribution in [0.5, 0.6) is 5.75 Å². The molecule has 0 fully saturated rings. The van der Waals surface area contributed by atoms with E-state index >= 15 is 0 Å². The van der Waals surface area contributed by atoms with Crippen LogP contribution in [0.15, 0.2) is 36.7 Å². The van der Waals surface area contributed by atoms with Crippen LogP contribution in [0, 0.1) is 0 Å². The summed E-state index contributed by atoms with van der Waals surface area (Å²) in [5.74, 6) is 0.0542. The lowest BCUT2D eigenvalue weighted by molar-refractivity contribution is -0.0484. The Hall–Kier alpha value is -2.54. The molecule has 0 bridgehead atoms. The Bertz CT molecular complexity index is 822. The van der Waals surface area contributed by atoms with Crippen molar-refractivity contribution < 1.29 is 13.5 Å². The lowest BCUT2D eigenvalue weighted by Crippen LogP contribution is -2.28. The number of hydrogen-bond acceptors (Lipinski definition) is 4. The third-order valence-corrected chi connectivity index (χ3v) is 3.57. The largest absolute Gasteiger partial charge is 0.433 e. The summed E-state index contributed by atoms with van der Waals surface area (Å²) in [4.78, 5) is 4.34. The van der Waals surface area contributed by atoms with E-state index in [2.05, 4.69) is 15.2 Å². The number of hydrogen-bond donors (Lipinski definition) is 2. The first kappa shape index (κ1) is 15.4. The number of halogens is 2. The summed E-state index contributed by atoms with van der Waals surface area (Å²) in [6.45, 7) is 0.801. The van der Waals surface area contributed by atoms with Crippen LogP contribution < -0.4 is 10.5 Å². The minimum Gasteiger partial charge on any atom is -0.433 e. The Morgan fingerprint density at radius 2 is 1.96 bits per heavy atom. The lowest BCUT2D eigenvalue weighted by Gasteiger charge is -2.19. The maximum atomic E-state index is 12.8. The van der Waals surface area contributed by atoms with Crippen LogP contribution >= 0.6 is 0 Å². The molecule has 0 radical (unpaired) electrons. The van der Waals surface area contributed by atoms with E-state index in [1.165, 1.54) is 6.20 Å². The Morgan fingerprint density at radius 1 is 1.17 bits per heavy atom. The number of aromatic nitrogens is 3. The molecule has 0 saturated heterocycles. The normalized spacial score (nSPS) is 12.1. The third-order valence-electron chi connectivity index (χ3n) is 3.57. The van der Waals surface area contributed by atoms with Gasteiger partial charge in [-0.2, -0.15) is 13.9 Å². The van der Waals surface area contributed by atoms with Gasteiger partial charge in [-0.05, 0) is 37.6 Å². The van der Waals surface area contributed by atoms with E-state index in [0.29, 0.717) is 22.2 Å². The average molecular weight is 318 g/mol. The van der Waals surface area contributed by atoms with Crippen LogP contribution in [0.25, 0.3) is 22.2 Å². The maximum Gasteiger partial charge on any atom is 0.387 e. The van der Waals surface area contributed by atoms with E-state index in [9.17, 15) is 8.78 Å². The second kappa shape index (κ2) is 5.58. The summed E-state index contributed by atoms with van der Waals surface area (Å²) >= 11 is 0. The molecule has 1 aromatic carbocycles. The van der Waals surface area contributed by atoms with Gasteiger partial charge in [0.25, 0.3) is 0 Å². The molecule has 0 spiro atoms. The van der Waals surface area contributed by atoms with Crippen molar-refractivity contribution in [1.82, 2.24) is 15.2 Å². The Morgan fingerprint density at radius 3 is 2.57 bits per heavy atom. The number of nitrogens with two attached hydrogens (primary N) is 1. The van der Waals surface area contributed by atoms with Gasteiger partial charge in [-0.1, -0.05) is 6.07 Å². The van der Waals surface area contributed by atoms with Gasteiger partial charge in [-0.15, -0.1) is 0 Å². The molecule has 5 nitrogen and oxygen atoms in total. The van der Waals surface area contributed by atoms with Crippen molar-refractivity contribution in [1.29, 1.82) is 0 Å². The van der Waals surface area contributed by atoms with E-state index < -0.39 is 12.2 Å². The molecule has 120 valence electrons. The number of aromatic amines is 1. The summed E-state index contributed by atoms with van der Waals surface area (Å²) in [6, 6.07) is 6.99. The number of rotatable bonds is 4. The fourth-order valence-corrected chi connectivity index (χ4v) is 2.34. The SMILES string of the molecule is CC(C)(N)c1ccc(-c2ccc3[nH]ncc3c2OC(F)F)nc1. The molecule has 2 heterocycles. The molecule has 23 heavy (non-hydrogen) atoms. The van der Waals surface area contributed by atoms with Gasteiger partial charge in [0.15, 0.2) is 0 Å². The van der Waals surface area contributed by atoms with E-state index in [0.717, 1.165) is 5.56 Å². The average Bonchev–Trinajstić information content (AvgIpc) is 2.95. The van der Waals surface area contributed by atoms with Gasteiger partial charge in [0.1, 0.15) is 5.75 Å². The summed E-state index contributed by atoms with van der Waals surface area (Å²) in [5, 5.41) is 7.07. The van der Waals surface area contributed by atoms with Crippen molar-refractivity contribution in [3.63, 3.8) is 0 Å². The molecule has 0 unspecified atom stereocenters. The van der Waals surface area contributed by atoms with Crippen LogP contribution in [-0.4, -0.2) is 21.8 Å². The zero-order chi connectivity index (χ0) is 16.6. The van der Waals surface area contributed by atoms with Gasteiger partial charge < -0.3 is 10.5 Å². The minimum absolute atomic E-state index is 0.0542. The number of alkyl halides is 2. The van der Waals surface area contributed by atoms with Gasteiger partial charge >= 0.3 is 6.61 Å². The number of benzene rings is 1. The Kier molecular flexibility index (Phi) is 3.73. The van der Waals surface area contributed by atoms with Crippen molar-refractivity contribution in [3.05, 3.63) is 42.2 Å². The highest BCUT2D eigenvalue weighted by atomic mass is 19.3. The van der Waals surface area contributed by atoms with Crippen LogP contribution in [0.1, 0.15) is 19.4 Å².